The van der Waals surface area contributed by atoms with Crippen LogP contribution in [0.15, 0.2) is 41.6 Å². The number of piperidine rings is 1. The third kappa shape index (κ3) is 5.07. The Hall–Kier alpha value is -2.44. The molecular weight excluding hydrogens is 461 g/mol. The Morgan fingerprint density at radius 3 is 2.45 bits per heavy atom. The summed E-state index contributed by atoms with van der Waals surface area (Å²) in [6.07, 6.45) is -0.884. The largest absolute Gasteiger partial charge is 0.424 e. The lowest BCUT2D eigenvalue weighted by Gasteiger charge is -2.32. The van der Waals surface area contributed by atoms with E-state index in [-0.39, 0.29) is 16.5 Å². The molecule has 3 rings (SSSR count). The Balaban J connectivity index is 1.67. The highest BCUT2D eigenvalue weighted by Gasteiger charge is 2.57. The lowest BCUT2D eigenvalue weighted by atomic mass is 9.97. The molecule has 2 unspecified atom stereocenters. The minimum absolute atomic E-state index is 0.0500. The molecule has 12 heteroatoms. The van der Waals surface area contributed by atoms with Crippen molar-refractivity contribution in [2.24, 2.45) is 7.05 Å². The van der Waals surface area contributed by atoms with E-state index in [0.717, 1.165) is 30.0 Å². The number of amides is 1. The number of hydrogen-bond acceptors (Lipinski definition) is 5. The van der Waals surface area contributed by atoms with Gasteiger partial charge in [-0.25, -0.2) is 13.4 Å². The molecule has 1 aromatic heterocycles. The Labute approximate surface area is 190 Å². The highest BCUT2D eigenvalue weighted by atomic mass is 32.2. The zero-order valence-electron chi connectivity index (χ0n) is 18.3. The summed E-state index contributed by atoms with van der Waals surface area (Å²) in [5, 5.41) is 12.7. The second-order valence-corrected chi connectivity index (χ2v) is 10.1. The second kappa shape index (κ2) is 9.43. The molecule has 0 bridgehead atoms. The fraction of sp³-hybridized carbons (Fsp3) is 0.524. The molecule has 1 aromatic carbocycles. The third-order valence-electron chi connectivity index (χ3n) is 5.90. The van der Waals surface area contributed by atoms with Gasteiger partial charge in [-0.05, 0) is 44.0 Å². The smallest absolute Gasteiger partial charge is 0.374 e. The number of nitrogens with zero attached hydrogens (tertiary/aromatic N) is 3. The van der Waals surface area contributed by atoms with Crippen molar-refractivity contribution in [2.45, 2.75) is 55.3 Å². The molecule has 1 aliphatic heterocycles. The fourth-order valence-corrected chi connectivity index (χ4v) is 5.65. The molecule has 2 aromatic rings. The summed E-state index contributed by atoms with van der Waals surface area (Å²) in [6, 6.07) is 5.13. The van der Waals surface area contributed by atoms with E-state index in [1.54, 1.807) is 0 Å². The normalized spacial score (nSPS) is 19.8. The standard InChI is InChI=1S/C21H27F3N4O4S/c1-15-5-3-4-13-28(15)33(31,32)17-8-6-16(7-9-17)18(29)25-11-10-20(30,21(22,23)24)19-26-12-14-27(19)2/h6-9,12,14-15,30H,3-5,10-11,13H2,1-2H3,(H,25,29). The molecule has 0 saturated carbocycles. The molecule has 0 aliphatic carbocycles. The van der Waals surface area contributed by atoms with Gasteiger partial charge in [0, 0.05) is 50.6 Å². The molecular formula is C21H27F3N4O4S. The van der Waals surface area contributed by atoms with E-state index in [2.05, 4.69) is 10.3 Å². The highest BCUT2D eigenvalue weighted by Crippen LogP contribution is 2.40. The fourth-order valence-electron chi connectivity index (χ4n) is 3.95. The van der Waals surface area contributed by atoms with Crippen LogP contribution in [-0.4, -0.2) is 58.6 Å². The van der Waals surface area contributed by atoms with Gasteiger partial charge in [0.15, 0.2) is 0 Å². The van der Waals surface area contributed by atoms with Crippen LogP contribution >= 0.6 is 0 Å². The monoisotopic (exact) mass is 488 g/mol. The van der Waals surface area contributed by atoms with E-state index < -0.39 is 46.5 Å². The van der Waals surface area contributed by atoms with Crippen molar-refractivity contribution in [2.75, 3.05) is 13.1 Å². The molecule has 33 heavy (non-hydrogen) atoms. The van der Waals surface area contributed by atoms with Crippen LogP contribution in [0.25, 0.3) is 0 Å². The first kappa shape index (κ1) is 25.2. The lowest BCUT2D eigenvalue weighted by Crippen LogP contribution is -2.46. The van der Waals surface area contributed by atoms with E-state index >= 15 is 0 Å². The van der Waals surface area contributed by atoms with Crippen LogP contribution in [-0.2, 0) is 22.7 Å². The topological polar surface area (TPSA) is 105 Å². The second-order valence-electron chi connectivity index (χ2n) is 8.21. The first-order valence-corrected chi connectivity index (χ1v) is 12.0. The molecule has 0 radical (unpaired) electrons. The van der Waals surface area contributed by atoms with E-state index in [1.165, 1.54) is 41.8 Å². The minimum atomic E-state index is -5.00. The van der Waals surface area contributed by atoms with Gasteiger partial charge < -0.3 is 15.0 Å². The number of benzene rings is 1. The van der Waals surface area contributed by atoms with Crippen molar-refractivity contribution in [3.8, 4) is 0 Å². The number of carbonyl (C=O) groups excluding carboxylic acids is 1. The number of nitrogens with one attached hydrogen (secondary N) is 1. The summed E-state index contributed by atoms with van der Waals surface area (Å²) < 4.78 is 68.9. The quantitative estimate of drug-likeness (QED) is 0.623. The van der Waals surface area contributed by atoms with Crippen LogP contribution in [0.2, 0.25) is 0 Å². The van der Waals surface area contributed by atoms with E-state index in [9.17, 15) is 31.5 Å². The maximum absolute atomic E-state index is 13.6. The zero-order chi connectivity index (χ0) is 24.4. The molecule has 0 spiro atoms. The maximum atomic E-state index is 13.6. The summed E-state index contributed by atoms with van der Waals surface area (Å²) >= 11 is 0. The number of aryl methyl sites for hydroxylation is 1. The number of aromatic nitrogens is 2. The van der Waals surface area contributed by atoms with Gasteiger partial charge in [0.05, 0.1) is 4.90 Å². The van der Waals surface area contributed by atoms with Crippen molar-refractivity contribution in [3.63, 3.8) is 0 Å². The lowest BCUT2D eigenvalue weighted by molar-refractivity contribution is -0.272. The summed E-state index contributed by atoms with van der Waals surface area (Å²) in [6.45, 7) is 1.81. The summed E-state index contributed by atoms with van der Waals surface area (Å²) in [7, 11) is -2.37. The molecule has 1 fully saturated rings. The number of aliphatic hydroxyl groups is 1. The number of hydrogen-bond donors (Lipinski definition) is 2. The number of halogens is 3. The van der Waals surface area contributed by atoms with Gasteiger partial charge in [0.1, 0.15) is 5.82 Å². The average Bonchev–Trinajstić information content (AvgIpc) is 3.19. The molecule has 2 atom stereocenters. The van der Waals surface area contributed by atoms with E-state index in [1.807, 2.05) is 6.92 Å². The van der Waals surface area contributed by atoms with Gasteiger partial charge in [-0.15, -0.1) is 0 Å². The van der Waals surface area contributed by atoms with Gasteiger partial charge in [-0.1, -0.05) is 6.42 Å². The zero-order valence-corrected chi connectivity index (χ0v) is 19.2. The summed E-state index contributed by atoms with van der Waals surface area (Å²) in [5.41, 5.74) is -3.14. The van der Waals surface area contributed by atoms with E-state index in [0.29, 0.717) is 6.54 Å². The Bertz CT molecular complexity index is 1090. The number of rotatable bonds is 7. The van der Waals surface area contributed by atoms with Gasteiger partial charge in [0.25, 0.3) is 5.91 Å². The van der Waals surface area contributed by atoms with Crippen LogP contribution < -0.4 is 5.32 Å². The highest BCUT2D eigenvalue weighted by molar-refractivity contribution is 7.89. The number of carbonyl (C=O) groups is 1. The average molecular weight is 489 g/mol. The molecule has 8 nitrogen and oxygen atoms in total. The van der Waals surface area contributed by atoms with Crippen molar-refractivity contribution in [1.29, 1.82) is 0 Å². The molecule has 1 amide bonds. The van der Waals surface area contributed by atoms with Crippen molar-refractivity contribution in [1.82, 2.24) is 19.2 Å². The van der Waals surface area contributed by atoms with Crippen LogP contribution in [0.5, 0.6) is 0 Å². The molecule has 1 saturated heterocycles. The Morgan fingerprint density at radius 1 is 1.24 bits per heavy atom. The number of imidazole rings is 1. The van der Waals surface area contributed by atoms with Gasteiger partial charge in [-0.2, -0.15) is 17.5 Å². The SMILES string of the molecule is CC1CCCCN1S(=O)(=O)c1ccc(C(=O)NCCC(O)(c2nccn2C)C(F)(F)F)cc1. The third-order valence-corrected chi connectivity index (χ3v) is 7.93. The van der Waals surface area contributed by atoms with Gasteiger partial charge >= 0.3 is 6.18 Å². The Kier molecular flexibility index (Phi) is 7.20. The van der Waals surface area contributed by atoms with Crippen LogP contribution in [0.4, 0.5) is 13.2 Å². The predicted octanol–water partition coefficient (Wildman–Crippen LogP) is 2.55. The number of alkyl halides is 3. The van der Waals surface area contributed by atoms with E-state index in [4.69, 9.17) is 0 Å². The van der Waals surface area contributed by atoms with Crippen molar-refractivity contribution >= 4 is 15.9 Å². The Morgan fingerprint density at radius 2 is 1.91 bits per heavy atom. The summed E-state index contributed by atoms with van der Waals surface area (Å²) in [4.78, 5) is 16.0. The predicted molar refractivity (Wildman–Crippen MR) is 114 cm³/mol. The first-order chi connectivity index (χ1) is 15.4. The van der Waals surface area contributed by atoms with Crippen molar-refractivity contribution < 1.29 is 31.5 Å². The van der Waals surface area contributed by atoms with Crippen LogP contribution in [0.1, 0.15) is 48.8 Å². The maximum Gasteiger partial charge on any atom is 0.424 e. The molecule has 1 aliphatic rings. The minimum Gasteiger partial charge on any atom is -0.374 e. The van der Waals surface area contributed by atoms with Gasteiger partial charge in [-0.3, -0.25) is 4.79 Å². The molecule has 2 heterocycles. The first-order valence-electron chi connectivity index (χ1n) is 10.5. The van der Waals surface area contributed by atoms with Crippen molar-refractivity contribution in [3.05, 3.63) is 48.0 Å². The van der Waals surface area contributed by atoms with Crippen LogP contribution in [0.3, 0.4) is 0 Å². The number of sulfonamides is 1. The molecule has 182 valence electrons. The van der Waals surface area contributed by atoms with Crippen LogP contribution in [0, 0.1) is 0 Å². The summed E-state index contributed by atoms with van der Waals surface area (Å²) in [5.74, 6) is -1.26. The van der Waals surface area contributed by atoms with Gasteiger partial charge in [0.2, 0.25) is 15.6 Å². The molecule has 2 N–H and O–H groups in total.